The van der Waals surface area contributed by atoms with E-state index in [2.05, 4.69) is 55.6 Å². The van der Waals surface area contributed by atoms with Crippen molar-refractivity contribution in [3.05, 3.63) is 35.9 Å². The fourth-order valence-electron chi connectivity index (χ4n) is 3.64. The van der Waals surface area contributed by atoms with E-state index in [1.54, 1.807) is 0 Å². The van der Waals surface area contributed by atoms with Crippen molar-refractivity contribution < 1.29 is 9.53 Å². The summed E-state index contributed by atoms with van der Waals surface area (Å²) in [4.78, 5) is 18.0. The summed E-state index contributed by atoms with van der Waals surface area (Å²) in [6, 6.07) is 11.3. The molecule has 1 aromatic carbocycles. The van der Waals surface area contributed by atoms with Crippen LogP contribution < -0.4 is 10.6 Å². The third kappa shape index (κ3) is 10.3. The molecule has 0 radical (unpaired) electrons. The van der Waals surface area contributed by atoms with Crippen LogP contribution in [0.2, 0.25) is 0 Å². The summed E-state index contributed by atoms with van der Waals surface area (Å²) in [6.45, 7) is 4.01. The fourth-order valence-corrected chi connectivity index (χ4v) is 3.64. The first kappa shape index (κ1) is 25.7. The van der Waals surface area contributed by atoms with Gasteiger partial charge in [0.1, 0.15) is 0 Å². The quantitative estimate of drug-likeness (QED) is 0.155. The standard InChI is InChI=1S/C22H36N4O2.HI/c1-23-22(24-15-9-4-3-8-14-21(27)28-2)25-17-20-13-10-16-26(20)18-19-11-6-5-7-12-19;/h5-7,11-12,20H,3-4,8-10,13-18H2,1-2H3,(H2,23,24,25);1H. The lowest BCUT2D eigenvalue weighted by atomic mass is 10.1. The third-order valence-corrected chi connectivity index (χ3v) is 5.28. The van der Waals surface area contributed by atoms with E-state index in [-0.39, 0.29) is 29.9 Å². The first-order valence-electron chi connectivity index (χ1n) is 10.5. The molecule has 0 spiro atoms. The molecule has 0 aliphatic carbocycles. The Kier molecular flexibility index (Phi) is 13.7. The van der Waals surface area contributed by atoms with Gasteiger partial charge >= 0.3 is 5.97 Å². The summed E-state index contributed by atoms with van der Waals surface area (Å²) < 4.78 is 4.65. The zero-order valence-corrected chi connectivity index (χ0v) is 20.2. The molecule has 0 amide bonds. The summed E-state index contributed by atoms with van der Waals surface area (Å²) in [6.07, 6.45) is 7.15. The van der Waals surface area contributed by atoms with Crippen molar-refractivity contribution in [3.63, 3.8) is 0 Å². The average molecular weight is 516 g/mol. The molecule has 1 saturated heterocycles. The maximum atomic E-state index is 11.1. The number of methoxy groups -OCH3 is 1. The first-order valence-corrected chi connectivity index (χ1v) is 10.5. The minimum atomic E-state index is -0.115. The smallest absolute Gasteiger partial charge is 0.305 e. The predicted octanol–water partition coefficient (Wildman–Crippen LogP) is 3.56. The van der Waals surface area contributed by atoms with Crippen LogP contribution in [0.25, 0.3) is 0 Å². The normalized spacial score (nSPS) is 16.9. The van der Waals surface area contributed by atoms with Crippen molar-refractivity contribution >= 4 is 35.9 Å². The summed E-state index contributed by atoms with van der Waals surface area (Å²) in [5, 5.41) is 6.89. The lowest BCUT2D eigenvalue weighted by Gasteiger charge is -2.25. The van der Waals surface area contributed by atoms with Crippen LogP contribution in [0.4, 0.5) is 0 Å². The number of aliphatic imine (C=N–C) groups is 1. The second kappa shape index (κ2) is 15.5. The third-order valence-electron chi connectivity index (χ3n) is 5.28. The molecule has 1 heterocycles. The number of carbonyl (C=O) groups is 1. The summed E-state index contributed by atoms with van der Waals surface area (Å²) in [5.74, 6) is 0.761. The van der Waals surface area contributed by atoms with Crippen molar-refractivity contribution in [2.45, 2.75) is 57.5 Å². The Bertz CT molecular complexity index is 598. The molecule has 1 aromatic rings. The highest BCUT2D eigenvalue weighted by atomic mass is 127. The van der Waals surface area contributed by atoms with E-state index in [9.17, 15) is 4.79 Å². The maximum Gasteiger partial charge on any atom is 0.305 e. The number of unbranched alkanes of at least 4 members (excludes halogenated alkanes) is 3. The lowest BCUT2D eigenvalue weighted by Crippen LogP contribution is -2.44. The van der Waals surface area contributed by atoms with E-state index in [1.165, 1.54) is 32.1 Å². The molecule has 7 heteroatoms. The molecular formula is C22H37IN4O2. The van der Waals surface area contributed by atoms with Crippen molar-refractivity contribution in [2.24, 2.45) is 4.99 Å². The molecule has 29 heavy (non-hydrogen) atoms. The van der Waals surface area contributed by atoms with E-state index in [4.69, 9.17) is 0 Å². The van der Waals surface area contributed by atoms with Gasteiger partial charge in [-0.15, -0.1) is 24.0 Å². The number of guanidine groups is 1. The van der Waals surface area contributed by atoms with Gasteiger partial charge in [-0.3, -0.25) is 14.7 Å². The van der Waals surface area contributed by atoms with E-state index in [0.717, 1.165) is 51.3 Å². The van der Waals surface area contributed by atoms with Gasteiger partial charge in [0.05, 0.1) is 7.11 Å². The minimum absolute atomic E-state index is 0. The Balaban J connectivity index is 0.00000420. The SMILES string of the molecule is CN=C(NCCCCCCC(=O)OC)NCC1CCCN1Cc1ccccc1.I. The van der Waals surface area contributed by atoms with Crippen LogP contribution in [-0.4, -0.2) is 56.7 Å². The van der Waals surface area contributed by atoms with Gasteiger partial charge in [0.25, 0.3) is 0 Å². The van der Waals surface area contributed by atoms with Gasteiger partial charge in [-0.1, -0.05) is 43.2 Å². The topological polar surface area (TPSA) is 66.0 Å². The molecule has 164 valence electrons. The molecule has 2 N–H and O–H groups in total. The molecular weight excluding hydrogens is 479 g/mol. The number of rotatable bonds is 11. The molecule has 1 aliphatic heterocycles. The Labute approximate surface area is 192 Å². The van der Waals surface area contributed by atoms with Gasteiger partial charge in [0, 0.05) is 39.1 Å². The zero-order chi connectivity index (χ0) is 20.0. The molecule has 1 atom stereocenters. The van der Waals surface area contributed by atoms with Crippen LogP contribution in [0.3, 0.4) is 0 Å². The minimum Gasteiger partial charge on any atom is -0.469 e. The number of ether oxygens (including phenoxy) is 1. The molecule has 1 fully saturated rings. The van der Waals surface area contributed by atoms with Gasteiger partial charge in [0.2, 0.25) is 0 Å². The molecule has 1 aliphatic rings. The molecule has 0 bridgehead atoms. The Morgan fingerprint density at radius 3 is 2.66 bits per heavy atom. The highest BCUT2D eigenvalue weighted by Gasteiger charge is 2.24. The molecule has 2 rings (SSSR count). The van der Waals surface area contributed by atoms with E-state index in [0.29, 0.717) is 12.5 Å². The highest BCUT2D eigenvalue weighted by Crippen LogP contribution is 2.19. The van der Waals surface area contributed by atoms with Crippen LogP contribution in [0.1, 0.15) is 50.5 Å². The number of halogens is 1. The van der Waals surface area contributed by atoms with Gasteiger partial charge in [-0.2, -0.15) is 0 Å². The van der Waals surface area contributed by atoms with E-state index < -0.39 is 0 Å². The summed E-state index contributed by atoms with van der Waals surface area (Å²) in [5.41, 5.74) is 1.38. The van der Waals surface area contributed by atoms with Crippen LogP contribution in [0.15, 0.2) is 35.3 Å². The van der Waals surface area contributed by atoms with Crippen LogP contribution in [0.5, 0.6) is 0 Å². The van der Waals surface area contributed by atoms with Crippen LogP contribution in [0, 0.1) is 0 Å². The Morgan fingerprint density at radius 1 is 1.17 bits per heavy atom. The molecule has 1 unspecified atom stereocenters. The van der Waals surface area contributed by atoms with Crippen molar-refractivity contribution in [2.75, 3.05) is 33.8 Å². The number of hydrogen-bond donors (Lipinski definition) is 2. The lowest BCUT2D eigenvalue weighted by molar-refractivity contribution is -0.140. The Morgan fingerprint density at radius 2 is 1.93 bits per heavy atom. The number of nitrogens with one attached hydrogen (secondary N) is 2. The number of carbonyl (C=O) groups excluding carboxylic acids is 1. The second-order valence-corrected chi connectivity index (χ2v) is 7.37. The van der Waals surface area contributed by atoms with Crippen molar-refractivity contribution in [1.82, 2.24) is 15.5 Å². The van der Waals surface area contributed by atoms with E-state index in [1.807, 2.05) is 7.05 Å². The number of likely N-dealkylation sites (tertiary alicyclic amines) is 1. The monoisotopic (exact) mass is 516 g/mol. The van der Waals surface area contributed by atoms with Gasteiger partial charge in [-0.25, -0.2) is 0 Å². The summed E-state index contributed by atoms with van der Waals surface area (Å²) >= 11 is 0. The van der Waals surface area contributed by atoms with Crippen LogP contribution >= 0.6 is 24.0 Å². The largest absolute Gasteiger partial charge is 0.469 e. The second-order valence-electron chi connectivity index (χ2n) is 7.37. The highest BCUT2D eigenvalue weighted by molar-refractivity contribution is 14.0. The van der Waals surface area contributed by atoms with Crippen molar-refractivity contribution in [3.8, 4) is 0 Å². The van der Waals surface area contributed by atoms with Gasteiger partial charge in [-0.05, 0) is 37.8 Å². The van der Waals surface area contributed by atoms with Crippen LogP contribution in [-0.2, 0) is 16.1 Å². The first-order chi connectivity index (χ1) is 13.7. The average Bonchev–Trinajstić information content (AvgIpc) is 3.16. The molecule has 6 nitrogen and oxygen atoms in total. The zero-order valence-electron chi connectivity index (χ0n) is 17.9. The summed E-state index contributed by atoms with van der Waals surface area (Å²) in [7, 11) is 3.26. The number of hydrogen-bond acceptors (Lipinski definition) is 4. The Hall–Kier alpha value is -1.35. The van der Waals surface area contributed by atoms with Gasteiger partial charge < -0.3 is 15.4 Å². The van der Waals surface area contributed by atoms with E-state index >= 15 is 0 Å². The molecule has 0 saturated carbocycles. The predicted molar refractivity (Wildman–Crippen MR) is 130 cm³/mol. The fraction of sp³-hybridized carbons (Fsp3) is 0.636. The number of nitrogens with zero attached hydrogens (tertiary/aromatic N) is 2. The van der Waals surface area contributed by atoms with Crippen molar-refractivity contribution in [1.29, 1.82) is 0 Å². The number of benzene rings is 1. The van der Waals surface area contributed by atoms with Gasteiger partial charge in [0.15, 0.2) is 5.96 Å². The maximum absolute atomic E-state index is 11.1. The number of esters is 1. The molecule has 0 aromatic heterocycles.